The van der Waals surface area contributed by atoms with Gasteiger partial charge in [-0.15, -0.1) is 11.3 Å². The molecule has 0 saturated carbocycles. The number of rotatable bonds is 6. The number of hydrogen-bond acceptors (Lipinski definition) is 5. The van der Waals surface area contributed by atoms with E-state index in [9.17, 15) is 0 Å². The van der Waals surface area contributed by atoms with E-state index in [1.54, 1.807) is 11.3 Å². The van der Waals surface area contributed by atoms with Crippen LogP contribution in [0.4, 0.5) is 0 Å². The van der Waals surface area contributed by atoms with Gasteiger partial charge in [0.15, 0.2) is 17.5 Å². The molecule has 0 aliphatic heterocycles. The molecule has 9 aromatic carbocycles. The Morgan fingerprint density at radius 2 is 0.938 bits per heavy atom. The first-order chi connectivity index (χ1) is 31.9. The van der Waals surface area contributed by atoms with Crippen LogP contribution < -0.4 is 0 Å². The van der Waals surface area contributed by atoms with Crippen molar-refractivity contribution in [3.63, 3.8) is 0 Å². The molecule has 4 nitrogen and oxygen atoms in total. The van der Waals surface area contributed by atoms with Gasteiger partial charge in [0.25, 0.3) is 0 Å². The highest BCUT2D eigenvalue weighted by Crippen LogP contribution is 2.52. The molecule has 0 N–H and O–H groups in total. The fourth-order valence-corrected chi connectivity index (χ4v) is 11.3. The SMILES string of the molecule is CC1(C)c2ccccc2-c2cccc(-c3cccc(-c4ccc5oc6cccc(-c7nc(-c8cccc(-c9ccccc9)c8)nc(-c8ccc9sc%10ccccc%10c9c8)n7)c6c5c4)c3)c21. The van der Waals surface area contributed by atoms with Gasteiger partial charge >= 0.3 is 0 Å². The van der Waals surface area contributed by atoms with E-state index in [-0.39, 0.29) is 5.41 Å². The average Bonchev–Trinajstić information content (AvgIpc) is 4.01. The zero-order valence-corrected chi connectivity index (χ0v) is 36.5. The van der Waals surface area contributed by atoms with Crippen LogP contribution in [0.5, 0.6) is 0 Å². The van der Waals surface area contributed by atoms with Crippen molar-refractivity contribution in [2.75, 3.05) is 0 Å². The van der Waals surface area contributed by atoms with Crippen LogP contribution in [0.2, 0.25) is 0 Å². The summed E-state index contributed by atoms with van der Waals surface area (Å²) in [5.74, 6) is 1.82. The largest absolute Gasteiger partial charge is 0.456 e. The molecule has 13 rings (SSSR count). The minimum absolute atomic E-state index is 0.117. The molecule has 1 aliphatic rings. The van der Waals surface area contributed by atoms with Crippen LogP contribution in [0.1, 0.15) is 25.0 Å². The Bertz CT molecular complexity index is 3880. The van der Waals surface area contributed by atoms with Crippen LogP contribution in [0, 0.1) is 0 Å². The fraction of sp³-hybridized carbons (Fsp3) is 0.0500. The van der Waals surface area contributed by atoms with Gasteiger partial charge in [-0.2, -0.15) is 0 Å². The molecule has 65 heavy (non-hydrogen) atoms. The molecule has 3 heterocycles. The number of furan rings is 1. The predicted octanol–water partition coefficient (Wildman–Crippen LogP) is 16.4. The summed E-state index contributed by atoms with van der Waals surface area (Å²) < 4.78 is 9.10. The Labute approximate surface area is 380 Å². The quantitative estimate of drug-likeness (QED) is 0.167. The highest BCUT2D eigenvalue weighted by atomic mass is 32.1. The molecule has 5 heteroatoms. The number of hydrogen-bond donors (Lipinski definition) is 0. The minimum atomic E-state index is -0.117. The van der Waals surface area contributed by atoms with Crippen LogP contribution in [0.15, 0.2) is 205 Å². The van der Waals surface area contributed by atoms with Crippen molar-refractivity contribution >= 4 is 53.4 Å². The smallest absolute Gasteiger partial charge is 0.164 e. The van der Waals surface area contributed by atoms with Crippen molar-refractivity contribution in [2.24, 2.45) is 0 Å². The highest BCUT2D eigenvalue weighted by molar-refractivity contribution is 7.25. The number of aromatic nitrogens is 3. The zero-order chi connectivity index (χ0) is 43.2. The van der Waals surface area contributed by atoms with Gasteiger partial charge in [-0.25, -0.2) is 15.0 Å². The molecular formula is C60H39N3OS. The third-order valence-electron chi connectivity index (χ3n) is 13.3. The lowest BCUT2D eigenvalue weighted by Crippen LogP contribution is -2.16. The summed E-state index contributed by atoms with van der Waals surface area (Å²) in [4.78, 5) is 15.8. The molecule has 0 bridgehead atoms. The lowest BCUT2D eigenvalue weighted by molar-refractivity contribution is 0.662. The molecule has 0 atom stereocenters. The Kier molecular flexibility index (Phi) is 8.39. The van der Waals surface area contributed by atoms with Crippen LogP contribution in [0.3, 0.4) is 0 Å². The van der Waals surface area contributed by atoms with E-state index in [1.165, 1.54) is 53.6 Å². The van der Waals surface area contributed by atoms with E-state index in [0.717, 1.165) is 60.9 Å². The Morgan fingerprint density at radius 3 is 1.82 bits per heavy atom. The Balaban J connectivity index is 0.968. The van der Waals surface area contributed by atoms with Crippen molar-refractivity contribution in [2.45, 2.75) is 19.3 Å². The molecule has 0 fully saturated rings. The minimum Gasteiger partial charge on any atom is -0.456 e. The second-order valence-electron chi connectivity index (χ2n) is 17.5. The number of fused-ring (bicyclic) bond motifs is 9. The van der Waals surface area contributed by atoms with Crippen LogP contribution in [-0.2, 0) is 5.41 Å². The van der Waals surface area contributed by atoms with Crippen LogP contribution in [0.25, 0.3) is 121 Å². The second-order valence-corrected chi connectivity index (χ2v) is 18.6. The third kappa shape index (κ3) is 6.07. The van der Waals surface area contributed by atoms with Crippen molar-refractivity contribution < 1.29 is 4.42 Å². The van der Waals surface area contributed by atoms with E-state index in [1.807, 2.05) is 18.2 Å². The third-order valence-corrected chi connectivity index (χ3v) is 14.5. The van der Waals surface area contributed by atoms with E-state index in [2.05, 4.69) is 196 Å². The highest BCUT2D eigenvalue weighted by Gasteiger charge is 2.37. The molecule has 1 aliphatic carbocycles. The molecule has 0 saturated heterocycles. The lowest BCUT2D eigenvalue weighted by atomic mass is 9.78. The second kappa shape index (κ2) is 14.5. The number of nitrogens with zero attached hydrogens (tertiary/aromatic N) is 3. The molecule has 0 radical (unpaired) electrons. The zero-order valence-electron chi connectivity index (χ0n) is 35.7. The van der Waals surface area contributed by atoms with Crippen molar-refractivity contribution in [1.29, 1.82) is 0 Å². The number of benzene rings is 9. The summed E-state index contributed by atoms with van der Waals surface area (Å²) in [7, 11) is 0. The van der Waals surface area contributed by atoms with E-state index in [0.29, 0.717) is 17.5 Å². The maximum atomic E-state index is 6.61. The van der Waals surface area contributed by atoms with Crippen LogP contribution >= 0.6 is 11.3 Å². The maximum Gasteiger partial charge on any atom is 0.164 e. The number of thiophene rings is 1. The van der Waals surface area contributed by atoms with Gasteiger partial charge in [0.2, 0.25) is 0 Å². The molecule has 0 amide bonds. The first-order valence-corrected chi connectivity index (χ1v) is 22.9. The van der Waals surface area contributed by atoms with Gasteiger partial charge in [0.05, 0.1) is 0 Å². The van der Waals surface area contributed by atoms with Crippen LogP contribution in [-0.4, -0.2) is 15.0 Å². The molecular weight excluding hydrogens is 811 g/mol. The first-order valence-electron chi connectivity index (χ1n) is 22.1. The summed E-state index contributed by atoms with van der Waals surface area (Å²) in [6.45, 7) is 4.70. The lowest BCUT2D eigenvalue weighted by Gasteiger charge is -2.24. The average molecular weight is 850 g/mol. The Hall–Kier alpha value is -7.99. The molecule has 3 aromatic heterocycles. The molecule has 0 spiro atoms. The van der Waals surface area contributed by atoms with Gasteiger partial charge in [-0.05, 0) is 110 Å². The van der Waals surface area contributed by atoms with Gasteiger partial charge in [-0.1, -0.05) is 159 Å². The van der Waals surface area contributed by atoms with E-state index in [4.69, 9.17) is 19.4 Å². The molecule has 12 aromatic rings. The summed E-state index contributed by atoms with van der Waals surface area (Å²) in [5, 5.41) is 4.41. The van der Waals surface area contributed by atoms with Gasteiger partial charge in [0.1, 0.15) is 11.2 Å². The van der Waals surface area contributed by atoms with E-state index >= 15 is 0 Å². The topological polar surface area (TPSA) is 51.8 Å². The fourth-order valence-electron chi connectivity index (χ4n) is 10.2. The first kappa shape index (κ1) is 37.6. The van der Waals surface area contributed by atoms with Crippen molar-refractivity contribution in [3.8, 4) is 78.7 Å². The van der Waals surface area contributed by atoms with Gasteiger partial charge in [-0.3, -0.25) is 0 Å². The predicted molar refractivity (Wildman–Crippen MR) is 270 cm³/mol. The van der Waals surface area contributed by atoms with Crippen molar-refractivity contribution in [3.05, 3.63) is 211 Å². The maximum absolute atomic E-state index is 6.61. The summed E-state index contributed by atoms with van der Waals surface area (Å²) >= 11 is 1.81. The van der Waals surface area contributed by atoms with Gasteiger partial charge < -0.3 is 4.42 Å². The van der Waals surface area contributed by atoms with Gasteiger partial charge in [0, 0.05) is 53.1 Å². The monoisotopic (exact) mass is 849 g/mol. The van der Waals surface area contributed by atoms with E-state index < -0.39 is 0 Å². The Morgan fingerprint density at radius 1 is 0.369 bits per heavy atom. The molecule has 306 valence electrons. The summed E-state index contributed by atoms with van der Waals surface area (Å²) in [5.41, 5.74) is 16.6. The van der Waals surface area contributed by atoms with Crippen molar-refractivity contribution in [1.82, 2.24) is 15.0 Å². The molecule has 0 unspecified atom stereocenters. The summed E-state index contributed by atoms with van der Waals surface area (Å²) in [6, 6.07) is 71.3. The normalized spacial score (nSPS) is 12.9. The standard InChI is InChI=1S/C60H39N3OS/c1-60(2)50-25-8-6-20-44(50)46-23-12-22-43(56(46)60)40-18-10-17-38(32-40)39-28-30-51-49(34-39)55-47(24-13-26-52(55)64-51)59-62-57(41-19-11-16-37(33-41)36-14-4-3-5-15-36)61-58(63-59)42-29-31-54-48(35-42)45-21-7-9-27-53(45)65-54/h3-35H,1-2H3. The summed E-state index contributed by atoms with van der Waals surface area (Å²) in [6.07, 6.45) is 0.